The van der Waals surface area contributed by atoms with Gasteiger partial charge in [0.1, 0.15) is 24.0 Å². The van der Waals surface area contributed by atoms with Crippen LogP contribution in [0.15, 0.2) is 90.5 Å². The highest BCUT2D eigenvalue weighted by Crippen LogP contribution is 2.59. The van der Waals surface area contributed by atoms with Gasteiger partial charge >= 0.3 is 0 Å². The predicted octanol–water partition coefficient (Wildman–Crippen LogP) is 6.59. The number of halogens is 2. The molecule has 0 spiro atoms. The van der Waals surface area contributed by atoms with Gasteiger partial charge in [0, 0.05) is 17.5 Å². The van der Waals surface area contributed by atoms with E-state index in [1.807, 2.05) is 24.3 Å². The van der Waals surface area contributed by atoms with Crippen LogP contribution in [0.1, 0.15) is 42.4 Å². The number of carbonyl (C=O) groups is 1. The largest absolute Gasteiger partial charge is 0.489 e. The van der Waals surface area contributed by atoms with Crippen molar-refractivity contribution in [3.05, 3.63) is 119 Å². The molecule has 0 bridgehead atoms. The molecule has 1 N–H and O–H groups in total. The van der Waals surface area contributed by atoms with Crippen molar-refractivity contribution >= 4 is 12.0 Å². The molecule has 1 atom stereocenters. The minimum Gasteiger partial charge on any atom is -0.489 e. The maximum atomic E-state index is 13.5. The van der Waals surface area contributed by atoms with E-state index in [2.05, 4.69) is 17.5 Å². The summed E-state index contributed by atoms with van der Waals surface area (Å²) in [5.74, 6) is 0.303. The molecule has 1 saturated carbocycles. The lowest BCUT2D eigenvalue weighted by molar-refractivity contribution is -0.116. The van der Waals surface area contributed by atoms with Gasteiger partial charge in [-0.05, 0) is 90.8 Å². The molecule has 1 heterocycles. The average molecular weight is 486 g/mol. The van der Waals surface area contributed by atoms with Gasteiger partial charge in [0.05, 0.1) is 0 Å². The van der Waals surface area contributed by atoms with Crippen LogP contribution < -0.4 is 10.1 Å². The molecule has 1 amide bonds. The third kappa shape index (κ3) is 5.25. The number of nitrogens with one attached hydrogen (secondary N) is 1. The quantitative estimate of drug-likeness (QED) is 0.274. The molecule has 1 aliphatic carbocycles. The molecule has 0 aromatic heterocycles. The topological polar surface area (TPSA) is 38.3 Å². The average Bonchev–Trinajstić information content (AvgIpc) is 3.63. The zero-order chi connectivity index (χ0) is 25.0. The molecule has 5 heteroatoms. The summed E-state index contributed by atoms with van der Waals surface area (Å²) < 4.78 is 32.8. The number of allylic oxidation sites excluding steroid dienone is 1. The number of para-hydroxylation sites is 1. The Labute approximate surface area is 210 Å². The first-order valence-electron chi connectivity index (χ1n) is 12.4. The summed E-state index contributed by atoms with van der Waals surface area (Å²) in [6.45, 7) is 1.23. The Morgan fingerprint density at radius 1 is 0.944 bits per heavy atom. The lowest BCUT2D eigenvalue weighted by Gasteiger charge is -2.18. The zero-order valence-corrected chi connectivity index (χ0v) is 20.1. The number of benzene rings is 3. The van der Waals surface area contributed by atoms with Gasteiger partial charge in [-0.25, -0.2) is 8.78 Å². The molecule has 0 unspecified atom stereocenters. The Bertz CT molecular complexity index is 1230. The minimum atomic E-state index is -0.368. The SMILES string of the molecule is O=C(/C=C/[C@@H]1CC1(c1ccc(F)cc1)c1ccc(F)cc1)NCCCCC1=Cc2ccccc2OC1. The van der Waals surface area contributed by atoms with E-state index in [0.29, 0.717) is 13.2 Å². The van der Waals surface area contributed by atoms with Gasteiger partial charge in [-0.1, -0.05) is 48.5 Å². The first kappa shape index (κ1) is 24.0. The Morgan fingerprint density at radius 2 is 1.61 bits per heavy atom. The Hall–Kier alpha value is -3.73. The lowest BCUT2D eigenvalue weighted by atomic mass is 9.85. The molecule has 184 valence electrons. The number of unbranched alkanes of at least 4 members (excludes halogenated alkanes) is 1. The van der Waals surface area contributed by atoms with Gasteiger partial charge in [0.2, 0.25) is 5.91 Å². The number of ether oxygens (including phenoxy) is 1. The first-order chi connectivity index (χ1) is 17.5. The zero-order valence-electron chi connectivity index (χ0n) is 20.1. The highest BCUT2D eigenvalue weighted by atomic mass is 19.1. The molecular weight excluding hydrogens is 456 g/mol. The van der Waals surface area contributed by atoms with E-state index in [9.17, 15) is 13.6 Å². The third-order valence-electron chi connectivity index (χ3n) is 7.13. The van der Waals surface area contributed by atoms with Crippen molar-refractivity contribution in [1.82, 2.24) is 5.32 Å². The Balaban J connectivity index is 1.12. The molecule has 36 heavy (non-hydrogen) atoms. The molecule has 2 aliphatic rings. The number of fused-ring (bicyclic) bond motifs is 1. The minimum absolute atomic E-state index is 0.0836. The summed E-state index contributed by atoms with van der Waals surface area (Å²) in [5, 5.41) is 2.97. The van der Waals surface area contributed by atoms with E-state index in [4.69, 9.17) is 4.74 Å². The van der Waals surface area contributed by atoms with E-state index >= 15 is 0 Å². The monoisotopic (exact) mass is 485 g/mol. The second-order valence-corrected chi connectivity index (χ2v) is 9.53. The molecule has 3 nitrogen and oxygen atoms in total. The molecule has 3 aromatic rings. The van der Waals surface area contributed by atoms with Crippen molar-refractivity contribution in [3.63, 3.8) is 0 Å². The highest BCUT2D eigenvalue weighted by molar-refractivity contribution is 5.87. The molecule has 0 radical (unpaired) electrons. The van der Waals surface area contributed by atoms with Crippen molar-refractivity contribution in [1.29, 1.82) is 0 Å². The van der Waals surface area contributed by atoms with Crippen LogP contribution in [0.4, 0.5) is 8.78 Å². The second-order valence-electron chi connectivity index (χ2n) is 9.53. The van der Waals surface area contributed by atoms with Crippen molar-refractivity contribution in [3.8, 4) is 5.75 Å². The van der Waals surface area contributed by atoms with Crippen molar-refractivity contribution in [2.45, 2.75) is 31.1 Å². The van der Waals surface area contributed by atoms with Crippen molar-refractivity contribution in [2.24, 2.45) is 5.92 Å². The maximum Gasteiger partial charge on any atom is 0.243 e. The van der Waals surface area contributed by atoms with Crippen LogP contribution in [-0.2, 0) is 10.2 Å². The van der Waals surface area contributed by atoms with E-state index in [1.54, 1.807) is 30.3 Å². The van der Waals surface area contributed by atoms with Gasteiger partial charge in [-0.15, -0.1) is 0 Å². The summed E-state index contributed by atoms with van der Waals surface area (Å²) in [6.07, 6.45) is 9.30. The molecule has 1 aliphatic heterocycles. The van der Waals surface area contributed by atoms with Crippen LogP contribution in [0, 0.1) is 17.6 Å². The molecule has 0 saturated heterocycles. The molecule has 3 aromatic carbocycles. The van der Waals surface area contributed by atoms with Gasteiger partial charge in [-0.3, -0.25) is 4.79 Å². The highest BCUT2D eigenvalue weighted by Gasteiger charge is 2.55. The molecule has 5 rings (SSSR count). The smallest absolute Gasteiger partial charge is 0.243 e. The summed E-state index contributed by atoms with van der Waals surface area (Å²) >= 11 is 0. The first-order valence-corrected chi connectivity index (χ1v) is 12.4. The van der Waals surface area contributed by atoms with E-state index < -0.39 is 0 Å². The standard InChI is InChI=1S/C31H29F2NO2/c32-27-13-8-24(9-14-27)31(25-10-15-28(33)16-11-25)20-26(31)12-17-30(35)34-18-4-3-5-22-19-23-6-1-2-7-29(23)36-21-22/h1-2,6-17,19,26H,3-5,18,20-21H2,(H,34,35)/b17-12+/t26-/m1/s1. The van der Waals surface area contributed by atoms with Crippen LogP contribution in [0.2, 0.25) is 0 Å². The summed E-state index contributed by atoms with van der Waals surface area (Å²) in [4.78, 5) is 12.4. The molecule has 1 fully saturated rings. The summed E-state index contributed by atoms with van der Waals surface area (Å²) in [7, 11) is 0. The van der Waals surface area contributed by atoms with Gasteiger partial charge in [-0.2, -0.15) is 0 Å². The van der Waals surface area contributed by atoms with E-state index in [1.165, 1.54) is 29.8 Å². The lowest BCUT2D eigenvalue weighted by Crippen LogP contribution is -2.22. The van der Waals surface area contributed by atoms with E-state index in [-0.39, 0.29) is 28.9 Å². The van der Waals surface area contributed by atoms with Crippen molar-refractivity contribution in [2.75, 3.05) is 13.2 Å². The number of amides is 1. The number of hydrogen-bond acceptors (Lipinski definition) is 2. The molecular formula is C31H29F2NO2. The van der Waals surface area contributed by atoms with Crippen LogP contribution in [0.5, 0.6) is 5.75 Å². The fourth-order valence-electron chi connectivity index (χ4n) is 5.10. The third-order valence-corrected chi connectivity index (χ3v) is 7.13. The van der Waals surface area contributed by atoms with E-state index in [0.717, 1.165) is 48.1 Å². The van der Waals surface area contributed by atoms with Gasteiger partial charge < -0.3 is 10.1 Å². The number of carbonyl (C=O) groups excluding carboxylic acids is 1. The fraction of sp³-hybridized carbons (Fsp3) is 0.258. The summed E-state index contributed by atoms with van der Waals surface area (Å²) in [6, 6.07) is 20.9. The normalized spacial score (nSPS) is 17.7. The summed E-state index contributed by atoms with van der Waals surface area (Å²) in [5.41, 5.74) is 3.96. The van der Waals surface area contributed by atoms with Crippen LogP contribution in [0.25, 0.3) is 6.08 Å². The van der Waals surface area contributed by atoms with Gasteiger partial charge in [0.15, 0.2) is 0 Å². The van der Waals surface area contributed by atoms with Crippen molar-refractivity contribution < 1.29 is 18.3 Å². The Morgan fingerprint density at radius 3 is 2.31 bits per heavy atom. The second kappa shape index (κ2) is 10.5. The maximum absolute atomic E-state index is 13.5. The van der Waals surface area contributed by atoms with Crippen LogP contribution in [-0.4, -0.2) is 19.1 Å². The Kier molecular flexibility index (Phi) is 6.99. The number of rotatable bonds is 9. The predicted molar refractivity (Wildman–Crippen MR) is 138 cm³/mol. The van der Waals surface area contributed by atoms with Gasteiger partial charge in [0.25, 0.3) is 0 Å². The number of hydrogen-bond donors (Lipinski definition) is 1. The fourth-order valence-corrected chi connectivity index (χ4v) is 5.10. The van der Waals surface area contributed by atoms with Crippen LogP contribution >= 0.6 is 0 Å². The van der Waals surface area contributed by atoms with Crippen LogP contribution in [0.3, 0.4) is 0 Å².